The van der Waals surface area contributed by atoms with Crippen molar-refractivity contribution >= 4 is 22.8 Å². The average Bonchev–Trinajstić information content (AvgIpc) is 3.19. The van der Waals surface area contributed by atoms with E-state index in [1.807, 2.05) is 24.3 Å². The van der Waals surface area contributed by atoms with E-state index in [4.69, 9.17) is 9.52 Å². The molecule has 0 spiro atoms. The van der Waals surface area contributed by atoms with E-state index < -0.39 is 5.97 Å². The molecule has 1 amide bonds. The molecule has 1 unspecified atom stereocenters. The first-order chi connectivity index (χ1) is 14.4. The van der Waals surface area contributed by atoms with Gasteiger partial charge in [-0.1, -0.05) is 38.1 Å². The Bertz CT molecular complexity index is 957. The van der Waals surface area contributed by atoms with Gasteiger partial charge < -0.3 is 14.8 Å². The summed E-state index contributed by atoms with van der Waals surface area (Å²) < 4.78 is 5.55. The molecule has 5 heteroatoms. The number of rotatable bonds is 8. The number of unbranched alkanes of at least 4 members (excludes halogenated alkanes) is 1. The van der Waals surface area contributed by atoms with Crippen molar-refractivity contribution < 1.29 is 19.1 Å². The summed E-state index contributed by atoms with van der Waals surface area (Å²) in [6, 6.07) is 7.70. The molecular formula is C25H31NO4. The summed E-state index contributed by atoms with van der Waals surface area (Å²) in [6.45, 7) is 4.72. The molecule has 3 fully saturated rings. The minimum Gasteiger partial charge on any atom is -0.481 e. The number of aliphatic carboxylic acids is 1. The summed E-state index contributed by atoms with van der Waals surface area (Å²) >= 11 is 0. The van der Waals surface area contributed by atoms with E-state index in [9.17, 15) is 9.59 Å². The Kier molecular flexibility index (Phi) is 5.72. The van der Waals surface area contributed by atoms with Gasteiger partial charge in [0, 0.05) is 17.8 Å². The van der Waals surface area contributed by atoms with Crippen LogP contribution in [-0.4, -0.2) is 23.0 Å². The maximum absolute atomic E-state index is 13.1. The lowest BCUT2D eigenvalue weighted by Gasteiger charge is -2.62. The standard InChI is InChI=1S/C25H31NO4/c1-25(2)17-14-20(25)18(9-5-3-4-6-11-22(27)28)21(15-17)26-24(29)19-10-7-8-16-12-13-30-23(16)19/h3,5,7-8,10,12-13,17-18,20-21H,4,6,9,11,14-15H2,1-2H3,(H,26,29)(H,27,28)/t17-,18+,20+,21?/m1/s1. The second-order valence-electron chi connectivity index (χ2n) is 9.48. The highest BCUT2D eigenvalue weighted by atomic mass is 16.4. The Hall–Kier alpha value is -2.56. The van der Waals surface area contributed by atoms with Gasteiger partial charge in [0.05, 0.1) is 11.8 Å². The molecule has 3 aliphatic carbocycles. The molecule has 1 heterocycles. The minimum absolute atomic E-state index is 0.0601. The number of carboxylic acid groups (broad SMARTS) is 1. The Morgan fingerprint density at radius 1 is 1.23 bits per heavy atom. The molecule has 2 bridgehead atoms. The van der Waals surface area contributed by atoms with Crippen molar-refractivity contribution in [2.45, 2.75) is 58.4 Å². The van der Waals surface area contributed by atoms with Gasteiger partial charge in [-0.3, -0.25) is 9.59 Å². The van der Waals surface area contributed by atoms with Crippen LogP contribution < -0.4 is 5.32 Å². The van der Waals surface area contributed by atoms with Crippen LogP contribution in [0.2, 0.25) is 0 Å². The lowest BCUT2D eigenvalue weighted by molar-refractivity contribution is -0.137. The first-order valence-electron chi connectivity index (χ1n) is 11.0. The van der Waals surface area contributed by atoms with E-state index in [0.29, 0.717) is 40.7 Å². The van der Waals surface area contributed by atoms with Crippen molar-refractivity contribution in [3.63, 3.8) is 0 Å². The summed E-state index contributed by atoms with van der Waals surface area (Å²) in [5, 5.41) is 13.0. The smallest absolute Gasteiger partial charge is 0.303 e. The van der Waals surface area contributed by atoms with E-state index in [2.05, 4.69) is 31.3 Å². The van der Waals surface area contributed by atoms with Gasteiger partial charge in [0.1, 0.15) is 5.58 Å². The second kappa shape index (κ2) is 8.29. The number of nitrogens with one attached hydrogen (secondary N) is 1. The average molecular weight is 410 g/mol. The summed E-state index contributed by atoms with van der Waals surface area (Å²) in [6.07, 6.45) is 10.8. The lowest BCUT2D eigenvalue weighted by atomic mass is 9.44. The quantitative estimate of drug-likeness (QED) is 0.451. The van der Waals surface area contributed by atoms with Crippen LogP contribution >= 0.6 is 0 Å². The number of carbonyl (C=O) groups is 2. The summed E-state index contributed by atoms with van der Waals surface area (Å²) in [5.41, 5.74) is 1.56. The van der Waals surface area contributed by atoms with Gasteiger partial charge >= 0.3 is 5.97 Å². The fourth-order valence-electron chi connectivity index (χ4n) is 5.60. The van der Waals surface area contributed by atoms with Crippen LogP contribution in [-0.2, 0) is 4.79 Å². The van der Waals surface area contributed by atoms with Gasteiger partial charge in [0.15, 0.2) is 0 Å². The van der Waals surface area contributed by atoms with Crippen molar-refractivity contribution in [2.24, 2.45) is 23.2 Å². The Balaban J connectivity index is 1.44. The number of para-hydroxylation sites is 1. The van der Waals surface area contributed by atoms with Crippen LogP contribution in [0.1, 0.15) is 62.7 Å². The summed E-state index contributed by atoms with van der Waals surface area (Å²) in [5.74, 6) is 0.857. The molecule has 1 aromatic carbocycles. The molecule has 0 aliphatic heterocycles. The number of carbonyl (C=O) groups excluding carboxylic acids is 1. The third kappa shape index (κ3) is 3.90. The van der Waals surface area contributed by atoms with Crippen molar-refractivity contribution in [1.29, 1.82) is 0 Å². The van der Waals surface area contributed by atoms with Crippen LogP contribution in [0.3, 0.4) is 0 Å². The first-order valence-corrected chi connectivity index (χ1v) is 11.0. The number of hydrogen-bond donors (Lipinski definition) is 2. The van der Waals surface area contributed by atoms with Gasteiger partial charge in [-0.2, -0.15) is 0 Å². The number of carboxylic acids is 1. The third-order valence-electron chi connectivity index (χ3n) is 7.49. The molecule has 5 nitrogen and oxygen atoms in total. The van der Waals surface area contributed by atoms with Crippen molar-refractivity contribution in [3.8, 4) is 0 Å². The van der Waals surface area contributed by atoms with Crippen molar-refractivity contribution in [3.05, 3.63) is 48.2 Å². The van der Waals surface area contributed by atoms with Crippen LogP contribution in [0.15, 0.2) is 47.1 Å². The highest BCUT2D eigenvalue weighted by Crippen LogP contribution is 2.62. The molecule has 160 valence electrons. The van der Waals surface area contributed by atoms with E-state index in [0.717, 1.165) is 24.6 Å². The van der Waals surface area contributed by atoms with Crippen LogP contribution in [0, 0.1) is 23.2 Å². The highest BCUT2D eigenvalue weighted by Gasteiger charge is 2.57. The fraction of sp³-hybridized carbons (Fsp3) is 0.520. The van der Waals surface area contributed by atoms with Gasteiger partial charge in [-0.05, 0) is 67.4 Å². The normalized spacial score (nSPS) is 27.1. The Morgan fingerprint density at radius 3 is 2.83 bits per heavy atom. The SMILES string of the molecule is CC1(C)[C@H]2CC(NC(=O)c3cccc4ccoc34)[C@@H](CC=CCCCC(=O)O)[C@@H]1C2. The van der Waals surface area contributed by atoms with Crippen LogP contribution in [0.25, 0.3) is 11.0 Å². The van der Waals surface area contributed by atoms with Crippen LogP contribution in [0.4, 0.5) is 0 Å². The largest absolute Gasteiger partial charge is 0.481 e. The molecule has 5 rings (SSSR count). The Morgan fingerprint density at radius 2 is 2.07 bits per heavy atom. The number of fused-ring (bicyclic) bond motifs is 3. The second-order valence-corrected chi connectivity index (χ2v) is 9.48. The molecular weight excluding hydrogens is 378 g/mol. The minimum atomic E-state index is -0.743. The van der Waals surface area contributed by atoms with Gasteiger partial charge in [0.25, 0.3) is 5.91 Å². The number of hydrogen-bond acceptors (Lipinski definition) is 3. The fourth-order valence-corrected chi connectivity index (χ4v) is 5.60. The number of allylic oxidation sites excluding steroid dienone is 2. The highest BCUT2D eigenvalue weighted by molar-refractivity contribution is 6.04. The molecule has 3 aliphatic rings. The zero-order valence-corrected chi connectivity index (χ0v) is 17.8. The van der Waals surface area contributed by atoms with Gasteiger partial charge in [-0.15, -0.1) is 0 Å². The topological polar surface area (TPSA) is 79.5 Å². The Labute approximate surface area is 177 Å². The van der Waals surface area contributed by atoms with Crippen molar-refractivity contribution in [1.82, 2.24) is 5.32 Å². The zero-order valence-electron chi connectivity index (χ0n) is 17.8. The molecule has 4 atom stereocenters. The summed E-state index contributed by atoms with van der Waals surface area (Å²) in [4.78, 5) is 23.7. The lowest BCUT2D eigenvalue weighted by Crippen LogP contribution is -2.61. The molecule has 0 saturated heterocycles. The van der Waals surface area contributed by atoms with E-state index in [1.165, 1.54) is 6.42 Å². The van der Waals surface area contributed by atoms with E-state index in [1.54, 1.807) is 6.26 Å². The maximum atomic E-state index is 13.1. The van der Waals surface area contributed by atoms with Crippen molar-refractivity contribution in [2.75, 3.05) is 0 Å². The summed E-state index contributed by atoms with van der Waals surface area (Å²) in [7, 11) is 0. The van der Waals surface area contributed by atoms with E-state index in [-0.39, 0.29) is 18.4 Å². The molecule has 2 aromatic rings. The number of benzene rings is 1. The van der Waals surface area contributed by atoms with Crippen LogP contribution in [0.5, 0.6) is 0 Å². The zero-order chi connectivity index (χ0) is 21.3. The maximum Gasteiger partial charge on any atom is 0.303 e. The van der Waals surface area contributed by atoms with Gasteiger partial charge in [-0.25, -0.2) is 0 Å². The third-order valence-corrected chi connectivity index (χ3v) is 7.49. The van der Waals surface area contributed by atoms with Gasteiger partial charge in [0.2, 0.25) is 0 Å². The molecule has 1 aromatic heterocycles. The molecule has 3 saturated carbocycles. The number of amides is 1. The van der Waals surface area contributed by atoms with E-state index >= 15 is 0 Å². The predicted octanol–water partition coefficient (Wildman–Crippen LogP) is 5.41. The number of furan rings is 1. The first kappa shape index (κ1) is 20.7. The predicted molar refractivity (Wildman–Crippen MR) is 116 cm³/mol. The molecule has 2 N–H and O–H groups in total. The molecule has 0 radical (unpaired) electrons. The molecule has 30 heavy (non-hydrogen) atoms. The monoisotopic (exact) mass is 409 g/mol.